The second-order valence-corrected chi connectivity index (χ2v) is 9.68. The van der Waals surface area contributed by atoms with Gasteiger partial charge in [0.15, 0.2) is 28.1 Å². The molecule has 200 valence electrons. The van der Waals surface area contributed by atoms with Crippen LogP contribution in [0.25, 0.3) is 10.2 Å². The number of amides is 1. The van der Waals surface area contributed by atoms with E-state index < -0.39 is 0 Å². The van der Waals surface area contributed by atoms with E-state index >= 15 is 0 Å². The predicted octanol–water partition coefficient (Wildman–Crippen LogP) is 4.86. The molecule has 0 bridgehead atoms. The van der Waals surface area contributed by atoms with Crippen LogP contribution in [0.3, 0.4) is 0 Å². The minimum atomic E-state index is -0.181. The number of thiazole rings is 1. The highest BCUT2D eigenvalue weighted by molar-refractivity contribution is 7.22. The van der Waals surface area contributed by atoms with E-state index in [0.29, 0.717) is 79.0 Å². The number of carbonyl (C=O) groups excluding carboxylic acids is 1. The largest absolute Gasteiger partial charge is 0.490 e. The summed E-state index contributed by atoms with van der Waals surface area (Å²) in [6.07, 6.45) is 0.783. The number of hydrogen-bond acceptors (Lipinski definition) is 9. The van der Waals surface area contributed by atoms with Crippen LogP contribution in [0.5, 0.6) is 28.7 Å². The molecule has 1 aliphatic heterocycles. The maximum Gasteiger partial charge on any atom is 0.260 e. The van der Waals surface area contributed by atoms with Crippen molar-refractivity contribution in [2.75, 3.05) is 65.1 Å². The SMILES string of the molecule is CCOc1cc(C(=O)N(CCCN(C)C)c2nc3cc4c(cc3s2)OCCO4)cc(OCC)c1OCC. The van der Waals surface area contributed by atoms with Crippen molar-refractivity contribution in [3.8, 4) is 28.7 Å². The number of aromatic nitrogens is 1. The van der Waals surface area contributed by atoms with Gasteiger partial charge in [-0.1, -0.05) is 11.3 Å². The number of nitrogens with zero attached hydrogens (tertiary/aromatic N) is 3. The van der Waals surface area contributed by atoms with Crippen LogP contribution in [-0.4, -0.2) is 76.0 Å². The number of fused-ring (bicyclic) bond motifs is 2. The smallest absolute Gasteiger partial charge is 0.260 e. The molecule has 1 aromatic heterocycles. The summed E-state index contributed by atoms with van der Waals surface area (Å²) in [5.41, 5.74) is 1.22. The molecular formula is C27H35N3O6S. The summed E-state index contributed by atoms with van der Waals surface area (Å²) >= 11 is 1.46. The molecule has 0 saturated carbocycles. The molecule has 2 aromatic carbocycles. The van der Waals surface area contributed by atoms with E-state index in [2.05, 4.69) is 4.90 Å². The lowest BCUT2D eigenvalue weighted by Gasteiger charge is -2.22. The summed E-state index contributed by atoms with van der Waals surface area (Å²) in [7, 11) is 4.03. The molecule has 9 nitrogen and oxygen atoms in total. The van der Waals surface area contributed by atoms with Gasteiger partial charge in [0, 0.05) is 24.2 Å². The van der Waals surface area contributed by atoms with E-state index in [9.17, 15) is 4.79 Å². The Morgan fingerprint density at radius 3 is 2.14 bits per heavy atom. The third kappa shape index (κ3) is 6.19. The molecule has 0 atom stereocenters. The normalized spacial score (nSPS) is 12.6. The van der Waals surface area contributed by atoms with Crippen LogP contribution in [0.1, 0.15) is 37.6 Å². The van der Waals surface area contributed by atoms with E-state index in [0.717, 1.165) is 23.2 Å². The Bertz CT molecular complexity index is 1160. The molecule has 0 aliphatic carbocycles. The zero-order chi connectivity index (χ0) is 26.4. The van der Waals surface area contributed by atoms with E-state index in [4.69, 9.17) is 28.7 Å². The van der Waals surface area contributed by atoms with Crippen molar-refractivity contribution in [2.45, 2.75) is 27.2 Å². The van der Waals surface area contributed by atoms with E-state index in [1.165, 1.54) is 11.3 Å². The second kappa shape index (κ2) is 12.3. The van der Waals surface area contributed by atoms with Crippen LogP contribution >= 0.6 is 11.3 Å². The number of benzene rings is 2. The van der Waals surface area contributed by atoms with Crippen molar-refractivity contribution in [3.05, 3.63) is 29.8 Å². The van der Waals surface area contributed by atoms with Gasteiger partial charge in [-0.2, -0.15) is 0 Å². The molecule has 3 aromatic rings. The first-order valence-corrected chi connectivity index (χ1v) is 13.5. The summed E-state index contributed by atoms with van der Waals surface area (Å²) in [4.78, 5) is 22.7. The summed E-state index contributed by atoms with van der Waals surface area (Å²) in [6.45, 7) is 9.37. The molecule has 0 unspecified atom stereocenters. The number of anilines is 1. The molecule has 0 radical (unpaired) electrons. The molecule has 1 aliphatic rings. The highest BCUT2D eigenvalue weighted by atomic mass is 32.1. The van der Waals surface area contributed by atoms with Gasteiger partial charge in [0.05, 0.1) is 30.0 Å². The quantitative estimate of drug-likeness (QED) is 0.329. The monoisotopic (exact) mass is 529 g/mol. The van der Waals surface area contributed by atoms with E-state index in [1.54, 1.807) is 17.0 Å². The number of ether oxygens (including phenoxy) is 5. The van der Waals surface area contributed by atoms with Crippen molar-refractivity contribution < 1.29 is 28.5 Å². The first kappa shape index (κ1) is 26.8. The fourth-order valence-corrected chi connectivity index (χ4v) is 5.07. The maximum atomic E-state index is 14.0. The Balaban J connectivity index is 1.74. The van der Waals surface area contributed by atoms with E-state index in [1.807, 2.05) is 47.0 Å². The van der Waals surface area contributed by atoms with Gasteiger partial charge >= 0.3 is 0 Å². The van der Waals surface area contributed by atoms with Gasteiger partial charge in [-0.15, -0.1) is 0 Å². The molecule has 0 N–H and O–H groups in total. The van der Waals surface area contributed by atoms with Crippen molar-refractivity contribution in [2.24, 2.45) is 0 Å². The standard InChI is InChI=1S/C27H35N3O6S/c1-6-32-22-14-18(15-23(33-7-2)25(22)34-8-3)26(31)30(11-9-10-29(4)5)27-28-19-16-20-21(17-24(19)37-27)36-13-12-35-20/h14-17H,6-13H2,1-5H3. The summed E-state index contributed by atoms with van der Waals surface area (Å²) < 4.78 is 29.9. The third-order valence-corrected chi connectivity index (χ3v) is 6.70. The van der Waals surface area contributed by atoms with Crippen molar-refractivity contribution >= 4 is 32.6 Å². The summed E-state index contributed by atoms with van der Waals surface area (Å²) in [5, 5.41) is 0.617. The minimum Gasteiger partial charge on any atom is -0.490 e. The Hall–Kier alpha value is -3.24. The highest BCUT2D eigenvalue weighted by Crippen LogP contribution is 2.41. The highest BCUT2D eigenvalue weighted by Gasteiger charge is 2.26. The molecule has 0 spiro atoms. The average molecular weight is 530 g/mol. The topological polar surface area (TPSA) is 82.6 Å². The molecular weight excluding hydrogens is 494 g/mol. The number of rotatable bonds is 12. The van der Waals surface area contributed by atoms with Gasteiger partial charge in [-0.05, 0) is 60.0 Å². The van der Waals surface area contributed by atoms with Gasteiger partial charge in [0.25, 0.3) is 5.91 Å². The Morgan fingerprint density at radius 1 is 0.919 bits per heavy atom. The Kier molecular flexibility index (Phi) is 8.94. The Morgan fingerprint density at radius 2 is 1.54 bits per heavy atom. The van der Waals surface area contributed by atoms with Crippen molar-refractivity contribution in [1.29, 1.82) is 0 Å². The van der Waals surface area contributed by atoms with Crippen LogP contribution in [0, 0.1) is 0 Å². The van der Waals surface area contributed by atoms with Gasteiger partial charge in [-0.3, -0.25) is 9.69 Å². The Labute approximate surface area is 221 Å². The third-order valence-electron chi connectivity index (χ3n) is 5.66. The van der Waals surface area contributed by atoms with Crippen LogP contribution < -0.4 is 28.6 Å². The summed E-state index contributed by atoms with van der Waals surface area (Å²) in [5.74, 6) is 2.67. The van der Waals surface area contributed by atoms with E-state index in [-0.39, 0.29) is 5.91 Å². The molecule has 37 heavy (non-hydrogen) atoms. The van der Waals surface area contributed by atoms with Gasteiger partial charge in [0.1, 0.15) is 13.2 Å². The molecule has 0 saturated heterocycles. The number of hydrogen-bond donors (Lipinski definition) is 0. The second-order valence-electron chi connectivity index (χ2n) is 8.67. The van der Waals surface area contributed by atoms with Crippen LogP contribution in [-0.2, 0) is 0 Å². The lowest BCUT2D eigenvalue weighted by Crippen LogP contribution is -2.33. The maximum absolute atomic E-state index is 14.0. The van der Waals surface area contributed by atoms with Crippen molar-refractivity contribution in [1.82, 2.24) is 9.88 Å². The zero-order valence-electron chi connectivity index (χ0n) is 22.2. The predicted molar refractivity (Wildman–Crippen MR) is 145 cm³/mol. The lowest BCUT2D eigenvalue weighted by atomic mass is 10.1. The lowest BCUT2D eigenvalue weighted by molar-refractivity contribution is 0.0985. The minimum absolute atomic E-state index is 0.181. The molecule has 0 fully saturated rings. The summed E-state index contributed by atoms with van der Waals surface area (Å²) in [6, 6.07) is 7.27. The number of carbonyl (C=O) groups is 1. The van der Waals surface area contributed by atoms with Gasteiger partial charge in [0.2, 0.25) is 5.75 Å². The van der Waals surface area contributed by atoms with Gasteiger partial charge < -0.3 is 28.6 Å². The van der Waals surface area contributed by atoms with Crippen LogP contribution in [0.4, 0.5) is 5.13 Å². The van der Waals surface area contributed by atoms with Gasteiger partial charge in [-0.25, -0.2) is 4.98 Å². The zero-order valence-corrected chi connectivity index (χ0v) is 23.0. The fourth-order valence-electron chi connectivity index (χ4n) is 4.07. The van der Waals surface area contributed by atoms with Crippen LogP contribution in [0.15, 0.2) is 24.3 Å². The molecule has 4 rings (SSSR count). The first-order valence-electron chi connectivity index (χ1n) is 12.7. The van der Waals surface area contributed by atoms with Crippen molar-refractivity contribution in [3.63, 3.8) is 0 Å². The fraction of sp³-hybridized carbons (Fsp3) is 0.481. The van der Waals surface area contributed by atoms with Crippen LogP contribution in [0.2, 0.25) is 0 Å². The average Bonchev–Trinajstić information content (AvgIpc) is 3.29. The molecule has 1 amide bonds. The molecule has 2 heterocycles. The first-order chi connectivity index (χ1) is 17.9. The molecule has 10 heteroatoms.